The minimum atomic E-state index is -0.259. The van der Waals surface area contributed by atoms with Crippen molar-refractivity contribution in [2.75, 3.05) is 5.43 Å². The second kappa shape index (κ2) is 5.45. The molecule has 0 bridgehead atoms. The number of hydrazine groups is 1. The van der Waals surface area contributed by atoms with Crippen LogP contribution in [0.3, 0.4) is 0 Å². The molecule has 0 fully saturated rings. The number of carbonyl (C=O) groups is 1. The SMILES string of the molecule is CC=CC(=O)NNc1ccccc1C#N. The number of rotatable bonds is 3. The number of para-hydroxylation sites is 1. The van der Waals surface area contributed by atoms with Gasteiger partial charge in [-0.3, -0.25) is 15.6 Å². The molecule has 1 amide bonds. The van der Waals surface area contributed by atoms with Crippen LogP contribution in [0.25, 0.3) is 0 Å². The summed E-state index contributed by atoms with van der Waals surface area (Å²) in [6.07, 6.45) is 3.02. The number of hydrogen-bond acceptors (Lipinski definition) is 3. The van der Waals surface area contributed by atoms with Crippen LogP contribution in [-0.2, 0) is 4.79 Å². The molecule has 0 unspecified atom stereocenters. The topological polar surface area (TPSA) is 64.9 Å². The van der Waals surface area contributed by atoms with E-state index in [1.807, 2.05) is 6.07 Å². The van der Waals surface area contributed by atoms with E-state index in [-0.39, 0.29) is 5.91 Å². The van der Waals surface area contributed by atoms with Crippen LogP contribution in [0.5, 0.6) is 0 Å². The zero-order chi connectivity index (χ0) is 11.1. The summed E-state index contributed by atoms with van der Waals surface area (Å²) < 4.78 is 0. The summed E-state index contributed by atoms with van der Waals surface area (Å²) in [6.45, 7) is 1.75. The van der Waals surface area contributed by atoms with Crippen LogP contribution >= 0.6 is 0 Å². The first kappa shape index (κ1) is 10.8. The number of hydrogen-bond donors (Lipinski definition) is 2. The molecule has 1 aromatic rings. The Morgan fingerprint density at radius 2 is 2.20 bits per heavy atom. The highest BCUT2D eigenvalue weighted by molar-refractivity contribution is 5.88. The lowest BCUT2D eigenvalue weighted by Gasteiger charge is -2.07. The van der Waals surface area contributed by atoms with Crippen molar-refractivity contribution in [3.8, 4) is 6.07 Å². The second-order valence-corrected chi connectivity index (χ2v) is 2.77. The maximum absolute atomic E-state index is 11.1. The molecule has 0 radical (unpaired) electrons. The van der Waals surface area contributed by atoms with Crippen LogP contribution in [0.1, 0.15) is 12.5 Å². The number of nitrogens with zero attached hydrogens (tertiary/aromatic N) is 1. The van der Waals surface area contributed by atoms with Crippen molar-refractivity contribution in [1.29, 1.82) is 5.26 Å². The number of anilines is 1. The Bertz CT molecular complexity index is 418. The van der Waals surface area contributed by atoms with Crippen molar-refractivity contribution < 1.29 is 4.79 Å². The first-order valence-corrected chi connectivity index (χ1v) is 4.45. The standard InChI is InChI=1S/C11H11N3O/c1-2-5-11(15)14-13-10-7-4-3-6-9(10)8-12/h2-7,13H,1H3,(H,14,15). The van der Waals surface area contributed by atoms with Gasteiger partial charge in [0.05, 0.1) is 11.3 Å². The van der Waals surface area contributed by atoms with Crippen molar-refractivity contribution in [1.82, 2.24) is 5.43 Å². The summed E-state index contributed by atoms with van der Waals surface area (Å²) in [7, 11) is 0. The molecule has 4 heteroatoms. The molecule has 76 valence electrons. The first-order chi connectivity index (χ1) is 7.27. The molecule has 0 heterocycles. The first-order valence-electron chi connectivity index (χ1n) is 4.45. The fourth-order valence-corrected chi connectivity index (χ4v) is 1.01. The highest BCUT2D eigenvalue weighted by Crippen LogP contribution is 2.11. The Morgan fingerprint density at radius 3 is 2.87 bits per heavy atom. The molecule has 1 aromatic carbocycles. The zero-order valence-corrected chi connectivity index (χ0v) is 8.32. The molecule has 0 atom stereocenters. The van der Waals surface area contributed by atoms with E-state index >= 15 is 0 Å². The van der Waals surface area contributed by atoms with Gasteiger partial charge < -0.3 is 0 Å². The predicted molar refractivity (Wildman–Crippen MR) is 57.7 cm³/mol. The van der Waals surface area contributed by atoms with Crippen LogP contribution in [0, 0.1) is 11.3 Å². The average molecular weight is 201 g/mol. The van der Waals surface area contributed by atoms with E-state index in [1.54, 1.807) is 37.3 Å². The Balaban J connectivity index is 2.66. The maximum atomic E-state index is 11.1. The van der Waals surface area contributed by atoms with Gasteiger partial charge in [-0.15, -0.1) is 0 Å². The van der Waals surface area contributed by atoms with E-state index < -0.39 is 0 Å². The van der Waals surface area contributed by atoms with E-state index in [2.05, 4.69) is 10.9 Å². The Morgan fingerprint density at radius 1 is 1.47 bits per heavy atom. The normalized spacial score (nSPS) is 9.60. The molecule has 4 nitrogen and oxygen atoms in total. The number of amides is 1. The summed E-state index contributed by atoms with van der Waals surface area (Å²) in [5.41, 5.74) is 6.19. The van der Waals surface area contributed by atoms with E-state index in [9.17, 15) is 4.79 Å². The largest absolute Gasteiger partial charge is 0.297 e. The van der Waals surface area contributed by atoms with Gasteiger partial charge in [-0.1, -0.05) is 18.2 Å². The molecule has 0 aliphatic heterocycles. The zero-order valence-electron chi connectivity index (χ0n) is 8.32. The van der Waals surface area contributed by atoms with Gasteiger partial charge in [0, 0.05) is 6.08 Å². The fourth-order valence-electron chi connectivity index (χ4n) is 1.01. The van der Waals surface area contributed by atoms with Crippen molar-refractivity contribution in [2.45, 2.75) is 6.92 Å². The Kier molecular flexibility index (Phi) is 3.92. The van der Waals surface area contributed by atoms with Crippen molar-refractivity contribution >= 4 is 11.6 Å². The molecule has 0 spiro atoms. The number of benzene rings is 1. The average Bonchev–Trinajstić information content (AvgIpc) is 2.27. The van der Waals surface area contributed by atoms with Gasteiger partial charge in [-0.2, -0.15) is 5.26 Å². The molecule has 1 rings (SSSR count). The van der Waals surface area contributed by atoms with Gasteiger partial charge in [0.2, 0.25) is 0 Å². The molecule has 0 saturated heterocycles. The van der Waals surface area contributed by atoms with Gasteiger partial charge in [0.1, 0.15) is 6.07 Å². The molecular weight excluding hydrogens is 190 g/mol. The van der Waals surface area contributed by atoms with Crippen LogP contribution < -0.4 is 10.9 Å². The molecule has 2 N–H and O–H groups in total. The third-order valence-corrected chi connectivity index (χ3v) is 1.69. The highest BCUT2D eigenvalue weighted by atomic mass is 16.2. The molecule has 0 aliphatic rings. The fraction of sp³-hybridized carbons (Fsp3) is 0.0909. The lowest BCUT2D eigenvalue weighted by molar-refractivity contribution is -0.116. The van der Waals surface area contributed by atoms with Crippen LogP contribution in [0.4, 0.5) is 5.69 Å². The minimum absolute atomic E-state index is 0.259. The Hall–Kier alpha value is -2.28. The van der Waals surface area contributed by atoms with Crippen LogP contribution in [-0.4, -0.2) is 5.91 Å². The molecule has 0 saturated carbocycles. The monoisotopic (exact) mass is 201 g/mol. The van der Waals surface area contributed by atoms with E-state index in [0.717, 1.165) is 0 Å². The van der Waals surface area contributed by atoms with Gasteiger partial charge in [0.15, 0.2) is 0 Å². The third kappa shape index (κ3) is 3.16. The van der Waals surface area contributed by atoms with Gasteiger partial charge in [0.25, 0.3) is 5.91 Å². The number of nitrogens with one attached hydrogen (secondary N) is 2. The lowest BCUT2D eigenvalue weighted by Crippen LogP contribution is -2.27. The summed E-state index contributed by atoms with van der Waals surface area (Å²) in [6, 6.07) is 8.95. The number of carbonyl (C=O) groups excluding carboxylic acids is 1. The smallest absolute Gasteiger partial charge is 0.261 e. The van der Waals surface area contributed by atoms with Crippen LogP contribution in [0.15, 0.2) is 36.4 Å². The molecule has 0 aromatic heterocycles. The van der Waals surface area contributed by atoms with Crippen molar-refractivity contribution in [3.63, 3.8) is 0 Å². The maximum Gasteiger partial charge on any atom is 0.261 e. The van der Waals surface area contributed by atoms with Crippen LogP contribution in [0.2, 0.25) is 0 Å². The van der Waals surface area contributed by atoms with Gasteiger partial charge in [-0.05, 0) is 19.1 Å². The van der Waals surface area contributed by atoms with E-state index in [1.165, 1.54) is 6.08 Å². The summed E-state index contributed by atoms with van der Waals surface area (Å²) in [4.78, 5) is 11.1. The highest BCUT2D eigenvalue weighted by Gasteiger charge is 1.99. The van der Waals surface area contributed by atoms with Gasteiger partial charge in [-0.25, -0.2) is 0 Å². The summed E-state index contributed by atoms with van der Waals surface area (Å²) in [5, 5.41) is 8.77. The minimum Gasteiger partial charge on any atom is -0.297 e. The van der Waals surface area contributed by atoms with E-state index in [4.69, 9.17) is 5.26 Å². The van der Waals surface area contributed by atoms with Gasteiger partial charge >= 0.3 is 0 Å². The van der Waals surface area contributed by atoms with Crippen molar-refractivity contribution in [2.24, 2.45) is 0 Å². The number of nitriles is 1. The van der Waals surface area contributed by atoms with Crippen molar-refractivity contribution in [3.05, 3.63) is 42.0 Å². The quantitative estimate of drug-likeness (QED) is 0.576. The molecular formula is C11H11N3O. The lowest BCUT2D eigenvalue weighted by atomic mass is 10.2. The predicted octanol–water partition coefficient (Wildman–Crippen LogP) is 1.58. The third-order valence-electron chi connectivity index (χ3n) is 1.69. The molecule has 0 aliphatic carbocycles. The second-order valence-electron chi connectivity index (χ2n) is 2.77. The summed E-state index contributed by atoms with van der Waals surface area (Å²) in [5.74, 6) is -0.259. The summed E-state index contributed by atoms with van der Waals surface area (Å²) >= 11 is 0. The number of allylic oxidation sites excluding steroid dienone is 1. The Labute approximate surface area is 88.2 Å². The van der Waals surface area contributed by atoms with E-state index in [0.29, 0.717) is 11.3 Å². The molecule has 15 heavy (non-hydrogen) atoms.